The molecule has 1 aromatic rings. The Morgan fingerprint density at radius 3 is 2.53 bits per heavy atom. The molecule has 1 aromatic carbocycles. The fourth-order valence-corrected chi connectivity index (χ4v) is 1.46. The highest BCUT2D eigenvalue weighted by atomic mass is 32.2. The molecule has 0 atom stereocenters. The van der Waals surface area contributed by atoms with E-state index in [0.717, 1.165) is 18.2 Å². The number of hydrogen-bond acceptors (Lipinski definition) is 4. The molecule has 0 aromatic heterocycles. The van der Waals surface area contributed by atoms with E-state index in [2.05, 4.69) is 0 Å². The number of nitrogens with two attached hydrogens (primary N) is 1. The second-order valence-corrected chi connectivity index (χ2v) is 4.19. The van der Waals surface area contributed by atoms with Crippen LogP contribution in [0.2, 0.25) is 0 Å². The van der Waals surface area contributed by atoms with Crippen molar-refractivity contribution in [2.24, 2.45) is 5.14 Å². The van der Waals surface area contributed by atoms with Crippen molar-refractivity contribution >= 4 is 15.9 Å². The molecule has 6 nitrogen and oxygen atoms in total. The van der Waals surface area contributed by atoms with Crippen LogP contribution in [-0.2, 0) is 10.0 Å². The van der Waals surface area contributed by atoms with E-state index in [1.54, 1.807) is 0 Å². The Bertz CT molecular complexity index is 500. The van der Waals surface area contributed by atoms with Crippen molar-refractivity contribution in [3.63, 3.8) is 0 Å². The van der Waals surface area contributed by atoms with Gasteiger partial charge in [-0.25, -0.2) is 23.4 Å². The number of nitrogens with one attached hydrogen (secondary N) is 1. The van der Waals surface area contributed by atoms with Crippen LogP contribution in [0.1, 0.15) is 10.4 Å². The summed E-state index contributed by atoms with van der Waals surface area (Å²) in [5.41, 5.74) is 0.579. The van der Waals surface area contributed by atoms with Gasteiger partial charge in [0.15, 0.2) is 0 Å². The number of sulfonamides is 1. The van der Waals surface area contributed by atoms with Gasteiger partial charge in [-0.3, -0.25) is 10.0 Å². The van der Waals surface area contributed by atoms with E-state index >= 15 is 0 Å². The molecule has 0 aliphatic rings. The molecule has 8 heteroatoms. The highest BCUT2D eigenvalue weighted by Crippen LogP contribution is 2.13. The zero-order chi connectivity index (χ0) is 11.6. The summed E-state index contributed by atoms with van der Waals surface area (Å²) in [6.45, 7) is 0. The lowest BCUT2D eigenvalue weighted by Gasteiger charge is -2.03. The van der Waals surface area contributed by atoms with E-state index in [1.165, 1.54) is 5.48 Å². The first-order valence-corrected chi connectivity index (χ1v) is 5.17. The number of rotatable bonds is 2. The van der Waals surface area contributed by atoms with Crippen LogP contribution in [0.3, 0.4) is 0 Å². The van der Waals surface area contributed by atoms with Crippen LogP contribution in [0.5, 0.6) is 0 Å². The summed E-state index contributed by atoms with van der Waals surface area (Å²) >= 11 is 0. The number of hydroxylamine groups is 1. The number of amides is 1. The summed E-state index contributed by atoms with van der Waals surface area (Å²) in [7, 11) is -4.01. The van der Waals surface area contributed by atoms with Crippen LogP contribution in [-0.4, -0.2) is 19.5 Å². The van der Waals surface area contributed by atoms with Gasteiger partial charge in [0.1, 0.15) is 5.82 Å². The Morgan fingerprint density at radius 2 is 2.07 bits per heavy atom. The van der Waals surface area contributed by atoms with Gasteiger partial charge in [-0.15, -0.1) is 0 Å². The van der Waals surface area contributed by atoms with Gasteiger partial charge in [0.2, 0.25) is 10.0 Å². The van der Waals surface area contributed by atoms with Crippen LogP contribution in [0.4, 0.5) is 4.39 Å². The lowest BCUT2D eigenvalue weighted by atomic mass is 10.2. The number of carbonyl (C=O) groups excluding carboxylic acids is 1. The fraction of sp³-hybridized carbons (Fsp3) is 0. The zero-order valence-electron chi connectivity index (χ0n) is 7.27. The van der Waals surface area contributed by atoms with Crippen molar-refractivity contribution in [2.45, 2.75) is 4.90 Å². The Balaban J connectivity index is 3.36. The van der Waals surface area contributed by atoms with Gasteiger partial charge in [-0.05, 0) is 18.2 Å². The largest absolute Gasteiger partial charge is 0.288 e. The zero-order valence-corrected chi connectivity index (χ0v) is 8.08. The third-order valence-electron chi connectivity index (χ3n) is 1.61. The molecule has 0 spiro atoms. The third kappa shape index (κ3) is 2.49. The Hall–Kier alpha value is -1.51. The molecule has 15 heavy (non-hydrogen) atoms. The minimum absolute atomic E-state index is 0.414. The average molecular weight is 234 g/mol. The lowest BCUT2D eigenvalue weighted by Crippen LogP contribution is -2.21. The smallest absolute Gasteiger partial charge is 0.277 e. The molecule has 0 aliphatic carbocycles. The highest BCUT2D eigenvalue weighted by molar-refractivity contribution is 7.89. The maximum absolute atomic E-state index is 13.0. The molecular weight excluding hydrogens is 227 g/mol. The van der Waals surface area contributed by atoms with Gasteiger partial charge in [-0.1, -0.05) is 0 Å². The number of benzene rings is 1. The van der Waals surface area contributed by atoms with Crippen LogP contribution in [0.15, 0.2) is 23.1 Å². The van der Waals surface area contributed by atoms with Crippen molar-refractivity contribution in [1.82, 2.24) is 5.48 Å². The van der Waals surface area contributed by atoms with E-state index in [1.807, 2.05) is 0 Å². The van der Waals surface area contributed by atoms with E-state index < -0.39 is 32.2 Å². The van der Waals surface area contributed by atoms with Crippen LogP contribution in [0, 0.1) is 5.82 Å². The van der Waals surface area contributed by atoms with E-state index in [4.69, 9.17) is 10.3 Å². The molecule has 0 unspecified atom stereocenters. The molecule has 0 saturated carbocycles. The molecule has 0 radical (unpaired) electrons. The summed E-state index contributed by atoms with van der Waals surface area (Å²) < 4.78 is 34.7. The standard InChI is InChI=1S/C7H7FN2O4S/c8-6-2-1-4(15(9,13)14)3-5(6)7(11)10-12/h1-3,12H,(H,10,11)(H2,9,13,14). The summed E-state index contributed by atoms with van der Waals surface area (Å²) in [6.07, 6.45) is 0. The van der Waals surface area contributed by atoms with Crippen molar-refractivity contribution in [1.29, 1.82) is 0 Å². The predicted molar refractivity (Wildman–Crippen MR) is 47.0 cm³/mol. The van der Waals surface area contributed by atoms with Crippen LogP contribution >= 0.6 is 0 Å². The van der Waals surface area contributed by atoms with Crippen LogP contribution < -0.4 is 10.6 Å². The molecule has 0 bridgehead atoms. The molecule has 4 N–H and O–H groups in total. The monoisotopic (exact) mass is 234 g/mol. The SMILES string of the molecule is NS(=O)(=O)c1ccc(F)c(C(=O)NO)c1. The lowest BCUT2D eigenvalue weighted by molar-refractivity contribution is 0.0701. The quantitative estimate of drug-likeness (QED) is 0.477. The molecule has 0 saturated heterocycles. The second kappa shape index (κ2) is 3.93. The summed E-state index contributed by atoms with van der Waals surface area (Å²) in [5, 5.41) is 13.0. The number of halogens is 1. The van der Waals surface area contributed by atoms with Crippen molar-refractivity contribution in [3.05, 3.63) is 29.6 Å². The van der Waals surface area contributed by atoms with Crippen molar-refractivity contribution < 1.29 is 22.8 Å². The molecular formula is C7H7FN2O4S. The molecule has 82 valence electrons. The third-order valence-corrected chi connectivity index (χ3v) is 2.52. The van der Waals surface area contributed by atoms with Gasteiger partial charge in [0.25, 0.3) is 5.91 Å². The van der Waals surface area contributed by atoms with Gasteiger partial charge >= 0.3 is 0 Å². The number of hydrogen-bond donors (Lipinski definition) is 3. The summed E-state index contributed by atoms with van der Waals surface area (Å²) in [5.74, 6) is -2.12. The molecule has 0 aliphatic heterocycles. The Morgan fingerprint density at radius 1 is 1.47 bits per heavy atom. The minimum atomic E-state index is -4.01. The normalized spacial score (nSPS) is 11.1. The van der Waals surface area contributed by atoms with E-state index in [0.29, 0.717) is 0 Å². The van der Waals surface area contributed by atoms with Crippen LogP contribution in [0.25, 0.3) is 0 Å². The maximum atomic E-state index is 13.0. The van der Waals surface area contributed by atoms with Crippen molar-refractivity contribution in [2.75, 3.05) is 0 Å². The van der Waals surface area contributed by atoms with Gasteiger partial charge < -0.3 is 0 Å². The second-order valence-electron chi connectivity index (χ2n) is 2.63. The molecule has 1 amide bonds. The Kier molecular flexibility index (Phi) is 3.03. The number of carbonyl (C=O) groups is 1. The summed E-state index contributed by atoms with van der Waals surface area (Å²) in [6, 6.07) is 2.42. The first-order valence-electron chi connectivity index (χ1n) is 3.63. The van der Waals surface area contributed by atoms with Crippen molar-refractivity contribution in [3.8, 4) is 0 Å². The minimum Gasteiger partial charge on any atom is -0.288 e. The first kappa shape index (κ1) is 11.6. The molecule has 0 fully saturated rings. The Labute approximate surface area is 84.5 Å². The fourth-order valence-electron chi connectivity index (χ4n) is 0.916. The maximum Gasteiger partial charge on any atom is 0.277 e. The first-order chi connectivity index (χ1) is 6.86. The number of primary sulfonamides is 1. The molecule has 0 heterocycles. The van der Waals surface area contributed by atoms with Gasteiger partial charge in [-0.2, -0.15) is 0 Å². The van der Waals surface area contributed by atoms with Gasteiger partial charge in [0, 0.05) is 0 Å². The van der Waals surface area contributed by atoms with E-state index in [9.17, 15) is 17.6 Å². The summed E-state index contributed by atoms with van der Waals surface area (Å²) in [4.78, 5) is 10.5. The molecule has 1 rings (SSSR count). The predicted octanol–water partition coefficient (Wildman–Crippen LogP) is -0.408. The van der Waals surface area contributed by atoms with E-state index in [-0.39, 0.29) is 0 Å². The topological polar surface area (TPSA) is 109 Å². The van der Waals surface area contributed by atoms with Gasteiger partial charge in [0.05, 0.1) is 10.5 Å². The highest BCUT2D eigenvalue weighted by Gasteiger charge is 2.15. The average Bonchev–Trinajstić information content (AvgIpc) is 2.15.